The number of nitrogens with zero attached hydrogens (tertiary/aromatic N) is 2. The molecule has 1 aromatic rings. The van der Waals surface area contributed by atoms with Crippen LogP contribution < -0.4 is 16.4 Å². The molecule has 1 fully saturated rings. The Labute approximate surface area is 105 Å². The molecule has 0 radical (unpaired) electrons. The molecule has 0 aliphatic carbocycles. The first kappa shape index (κ1) is 12.9. The molecule has 0 saturated carbocycles. The number of alkyl halides is 3. The molecule has 5 nitrogen and oxygen atoms in total. The van der Waals surface area contributed by atoms with Gasteiger partial charge < -0.3 is 16.4 Å². The lowest BCUT2D eigenvalue weighted by Gasteiger charge is -2.18. The number of carbonyl (C=O) groups excluding carboxylic acids is 1. The largest absolute Gasteiger partial charge is 0.393 e. The minimum atomic E-state index is -4.22. The molecule has 1 saturated heterocycles. The Morgan fingerprint density at radius 1 is 1.50 bits per heavy atom. The second-order valence-electron chi connectivity index (χ2n) is 4.09. The van der Waals surface area contributed by atoms with Crippen molar-refractivity contribution in [1.29, 1.82) is 0 Å². The fourth-order valence-electron chi connectivity index (χ4n) is 1.95. The lowest BCUT2D eigenvalue weighted by molar-refractivity contribution is -0.168. The van der Waals surface area contributed by atoms with Crippen molar-refractivity contribution >= 4 is 28.3 Å². The maximum Gasteiger partial charge on any atom is 0.393 e. The number of nitrogen functional groups attached to an aromatic ring is 1. The summed E-state index contributed by atoms with van der Waals surface area (Å²) < 4.78 is 41.4. The molecule has 100 valence electrons. The zero-order valence-corrected chi connectivity index (χ0v) is 10.0. The molecule has 9 heteroatoms. The molecule has 1 aliphatic heterocycles. The summed E-state index contributed by atoms with van der Waals surface area (Å²) in [6.07, 6.45) is -4.22. The van der Waals surface area contributed by atoms with Crippen LogP contribution in [0.1, 0.15) is 16.8 Å². The average Bonchev–Trinajstić information content (AvgIpc) is 2.81. The highest BCUT2D eigenvalue weighted by Crippen LogP contribution is 2.39. The van der Waals surface area contributed by atoms with Gasteiger partial charge in [0.2, 0.25) is 0 Å². The fourth-order valence-corrected chi connectivity index (χ4v) is 2.81. The highest BCUT2D eigenvalue weighted by atomic mass is 32.1. The zero-order valence-electron chi connectivity index (χ0n) is 9.20. The maximum atomic E-state index is 12.6. The van der Waals surface area contributed by atoms with Gasteiger partial charge in [0.15, 0.2) is 5.82 Å². The van der Waals surface area contributed by atoms with Gasteiger partial charge in [-0.3, -0.25) is 4.79 Å². The van der Waals surface area contributed by atoms with Crippen LogP contribution >= 0.6 is 11.5 Å². The van der Waals surface area contributed by atoms with Crippen LogP contribution in [-0.2, 0) is 0 Å². The van der Waals surface area contributed by atoms with Gasteiger partial charge in [-0.05, 0) is 18.0 Å². The van der Waals surface area contributed by atoms with Crippen LogP contribution in [0, 0.1) is 5.92 Å². The number of rotatable bonds is 2. The average molecular weight is 280 g/mol. The number of hydrogen-bond donors (Lipinski definition) is 2. The van der Waals surface area contributed by atoms with E-state index in [1.165, 1.54) is 4.90 Å². The Hall–Kier alpha value is -1.51. The standard InChI is InChI=1S/C9H11F3N4OS/c10-9(11,12)4-1-2-16(3-4)8-5(7(14)17)6(13)15-18-8/h4H,1-3H2,(H2,13,15)(H2,14,17). The fraction of sp³-hybridized carbons (Fsp3) is 0.556. The summed E-state index contributed by atoms with van der Waals surface area (Å²) in [5.74, 6) is -2.19. The first-order valence-corrected chi connectivity index (χ1v) is 5.94. The van der Waals surface area contributed by atoms with Gasteiger partial charge in [-0.15, -0.1) is 0 Å². The predicted octanol–water partition coefficient (Wildman–Crippen LogP) is 1.21. The number of aromatic nitrogens is 1. The summed E-state index contributed by atoms with van der Waals surface area (Å²) in [7, 11) is 0. The lowest BCUT2D eigenvalue weighted by Crippen LogP contribution is -2.28. The number of primary amides is 1. The molecule has 1 amide bonds. The van der Waals surface area contributed by atoms with E-state index in [1.54, 1.807) is 0 Å². The van der Waals surface area contributed by atoms with Gasteiger partial charge in [0.25, 0.3) is 5.91 Å². The monoisotopic (exact) mass is 280 g/mol. The number of hydrogen-bond acceptors (Lipinski definition) is 5. The van der Waals surface area contributed by atoms with E-state index in [0.717, 1.165) is 11.5 Å². The van der Waals surface area contributed by atoms with Gasteiger partial charge in [-0.1, -0.05) is 0 Å². The van der Waals surface area contributed by atoms with Gasteiger partial charge in [0.05, 0.1) is 5.92 Å². The van der Waals surface area contributed by atoms with Crippen molar-refractivity contribution in [2.75, 3.05) is 23.7 Å². The third-order valence-electron chi connectivity index (χ3n) is 2.89. The number of carbonyl (C=O) groups is 1. The molecular formula is C9H11F3N4OS. The summed E-state index contributed by atoms with van der Waals surface area (Å²) in [5, 5.41) is 0.326. The molecule has 2 heterocycles. The normalized spacial score (nSPS) is 20.4. The van der Waals surface area contributed by atoms with Crippen molar-refractivity contribution in [1.82, 2.24) is 4.37 Å². The number of amides is 1. The minimum Gasteiger partial charge on any atom is -0.382 e. The predicted molar refractivity (Wildman–Crippen MR) is 61.4 cm³/mol. The molecular weight excluding hydrogens is 269 g/mol. The van der Waals surface area contributed by atoms with E-state index in [-0.39, 0.29) is 30.9 Å². The van der Waals surface area contributed by atoms with Crippen LogP contribution in [0.25, 0.3) is 0 Å². The Kier molecular flexibility index (Phi) is 3.09. The second-order valence-corrected chi connectivity index (χ2v) is 4.84. The van der Waals surface area contributed by atoms with E-state index >= 15 is 0 Å². The Balaban J connectivity index is 2.22. The van der Waals surface area contributed by atoms with Gasteiger partial charge >= 0.3 is 6.18 Å². The summed E-state index contributed by atoms with van der Waals surface area (Å²) in [4.78, 5) is 12.7. The molecule has 1 aliphatic rings. The van der Waals surface area contributed by atoms with Crippen LogP contribution in [0.2, 0.25) is 0 Å². The van der Waals surface area contributed by atoms with Crippen LogP contribution in [0.3, 0.4) is 0 Å². The molecule has 18 heavy (non-hydrogen) atoms. The highest BCUT2D eigenvalue weighted by molar-refractivity contribution is 7.11. The summed E-state index contributed by atoms with van der Waals surface area (Å²) in [6, 6.07) is 0. The van der Waals surface area contributed by atoms with Crippen LogP contribution in [0.4, 0.5) is 24.0 Å². The highest BCUT2D eigenvalue weighted by Gasteiger charge is 2.44. The van der Waals surface area contributed by atoms with Crippen molar-refractivity contribution in [2.45, 2.75) is 12.6 Å². The van der Waals surface area contributed by atoms with E-state index in [0.29, 0.717) is 5.00 Å². The van der Waals surface area contributed by atoms with E-state index in [2.05, 4.69) is 4.37 Å². The number of nitrogens with two attached hydrogens (primary N) is 2. The van der Waals surface area contributed by atoms with Gasteiger partial charge in [-0.25, -0.2) is 0 Å². The molecule has 0 bridgehead atoms. The van der Waals surface area contributed by atoms with E-state index < -0.39 is 18.0 Å². The Morgan fingerprint density at radius 3 is 2.67 bits per heavy atom. The van der Waals surface area contributed by atoms with Crippen LogP contribution in [-0.4, -0.2) is 29.5 Å². The number of anilines is 2. The van der Waals surface area contributed by atoms with Crippen LogP contribution in [0.15, 0.2) is 0 Å². The van der Waals surface area contributed by atoms with Crippen molar-refractivity contribution in [2.24, 2.45) is 11.7 Å². The quantitative estimate of drug-likeness (QED) is 0.852. The molecule has 1 aromatic heterocycles. The van der Waals surface area contributed by atoms with Gasteiger partial charge in [-0.2, -0.15) is 17.5 Å². The third kappa shape index (κ3) is 2.22. The first-order valence-electron chi connectivity index (χ1n) is 5.17. The molecule has 1 unspecified atom stereocenters. The van der Waals surface area contributed by atoms with Crippen LogP contribution in [0.5, 0.6) is 0 Å². The molecule has 1 atom stereocenters. The van der Waals surface area contributed by atoms with Gasteiger partial charge in [0.1, 0.15) is 10.6 Å². The van der Waals surface area contributed by atoms with Crippen molar-refractivity contribution in [3.05, 3.63) is 5.56 Å². The Morgan fingerprint density at radius 2 is 2.17 bits per heavy atom. The van der Waals surface area contributed by atoms with Gasteiger partial charge in [0, 0.05) is 13.1 Å². The zero-order chi connectivity index (χ0) is 13.5. The number of halogens is 3. The molecule has 4 N–H and O–H groups in total. The lowest BCUT2D eigenvalue weighted by atomic mass is 10.1. The van der Waals surface area contributed by atoms with Crippen molar-refractivity contribution in [3.63, 3.8) is 0 Å². The minimum absolute atomic E-state index is 0.000489. The van der Waals surface area contributed by atoms with Crippen molar-refractivity contribution in [3.8, 4) is 0 Å². The Bertz CT molecular complexity index is 473. The molecule has 0 aromatic carbocycles. The second kappa shape index (κ2) is 4.30. The molecule has 0 spiro atoms. The van der Waals surface area contributed by atoms with E-state index in [1.807, 2.05) is 0 Å². The maximum absolute atomic E-state index is 12.6. The summed E-state index contributed by atoms with van der Waals surface area (Å²) in [5.41, 5.74) is 10.6. The topological polar surface area (TPSA) is 85.2 Å². The summed E-state index contributed by atoms with van der Waals surface area (Å²) >= 11 is 0.897. The molecule has 2 rings (SSSR count). The smallest absolute Gasteiger partial charge is 0.382 e. The van der Waals surface area contributed by atoms with Crippen molar-refractivity contribution < 1.29 is 18.0 Å². The third-order valence-corrected chi connectivity index (χ3v) is 3.81. The van der Waals surface area contributed by atoms with E-state index in [9.17, 15) is 18.0 Å². The SMILES string of the molecule is NC(=O)c1c(N)nsc1N1CCC(C(F)(F)F)C1. The first-order chi connectivity index (χ1) is 8.30. The van der Waals surface area contributed by atoms with E-state index in [4.69, 9.17) is 11.5 Å². The summed E-state index contributed by atoms with van der Waals surface area (Å²) in [6.45, 7) is 0.0253.